The van der Waals surface area contributed by atoms with Crippen LogP contribution in [0.15, 0.2) is 6.07 Å². The lowest BCUT2D eigenvalue weighted by molar-refractivity contribution is 0.0618. The molecule has 2 nitrogen and oxygen atoms in total. The lowest BCUT2D eigenvalue weighted by atomic mass is 10.1. The monoisotopic (exact) mass is 279 g/mol. The molecule has 1 aliphatic carbocycles. The summed E-state index contributed by atoms with van der Waals surface area (Å²) in [5.41, 5.74) is 1.27. The van der Waals surface area contributed by atoms with Crippen molar-refractivity contribution in [3.05, 3.63) is 21.4 Å². The Labute approximate surface area is 120 Å². The summed E-state index contributed by atoms with van der Waals surface area (Å²) in [5, 5.41) is 0. The second-order valence-corrected chi connectivity index (χ2v) is 6.95. The van der Waals surface area contributed by atoms with Crippen LogP contribution in [0.1, 0.15) is 66.6 Å². The molecule has 0 spiro atoms. The third kappa shape index (κ3) is 3.02. The van der Waals surface area contributed by atoms with E-state index in [9.17, 15) is 4.79 Å². The molecule has 1 heterocycles. The second-order valence-electron chi connectivity index (χ2n) is 5.81. The number of hydrogen-bond acceptors (Lipinski definition) is 2. The third-order valence-corrected chi connectivity index (χ3v) is 5.43. The SMILES string of the molecule is CCc1sc(C(=O)N(C(C)C)C2CCCC2)cc1C. The van der Waals surface area contributed by atoms with Crippen molar-refractivity contribution < 1.29 is 4.79 Å². The maximum atomic E-state index is 12.8. The predicted octanol–water partition coefficient (Wildman–Crippen LogP) is 4.41. The van der Waals surface area contributed by atoms with Crippen molar-refractivity contribution in [1.29, 1.82) is 0 Å². The molecule has 1 aromatic rings. The maximum Gasteiger partial charge on any atom is 0.264 e. The van der Waals surface area contributed by atoms with Gasteiger partial charge in [0.15, 0.2) is 0 Å². The Balaban J connectivity index is 2.23. The highest BCUT2D eigenvalue weighted by Gasteiger charge is 2.30. The molecule has 0 atom stereocenters. The van der Waals surface area contributed by atoms with E-state index in [-0.39, 0.29) is 5.91 Å². The fraction of sp³-hybridized carbons (Fsp3) is 0.688. The zero-order chi connectivity index (χ0) is 14.0. The van der Waals surface area contributed by atoms with Crippen LogP contribution in [0.2, 0.25) is 0 Å². The first-order chi connectivity index (χ1) is 9.04. The van der Waals surface area contributed by atoms with Gasteiger partial charge in [-0.1, -0.05) is 19.8 Å². The van der Waals surface area contributed by atoms with Gasteiger partial charge < -0.3 is 4.90 Å². The molecule has 2 rings (SSSR count). The first kappa shape index (κ1) is 14.6. The molecule has 19 heavy (non-hydrogen) atoms. The fourth-order valence-electron chi connectivity index (χ4n) is 3.11. The van der Waals surface area contributed by atoms with Gasteiger partial charge in [0.2, 0.25) is 0 Å². The van der Waals surface area contributed by atoms with Crippen molar-refractivity contribution in [2.75, 3.05) is 0 Å². The molecule has 1 aromatic heterocycles. The summed E-state index contributed by atoms with van der Waals surface area (Å²) in [6.45, 7) is 8.54. The maximum absolute atomic E-state index is 12.8. The Kier molecular flexibility index (Phi) is 4.67. The minimum atomic E-state index is 0.245. The Morgan fingerprint density at radius 3 is 2.53 bits per heavy atom. The van der Waals surface area contributed by atoms with Gasteiger partial charge >= 0.3 is 0 Å². The summed E-state index contributed by atoms with van der Waals surface area (Å²) < 4.78 is 0. The van der Waals surface area contributed by atoms with Gasteiger partial charge in [-0.05, 0) is 51.7 Å². The van der Waals surface area contributed by atoms with E-state index in [4.69, 9.17) is 0 Å². The number of thiophene rings is 1. The summed E-state index contributed by atoms with van der Waals surface area (Å²) in [6, 6.07) is 2.83. The Morgan fingerprint density at radius 2 is 2.05 bits per heavy atom. The molecule has 0 bridgehead atoms. The molecular weight excluding hydrogens is 254 g/mol. The standard InChI is InChI=1S/C16H25NOS/c1-5-14-12(4)10-15(19-14)16(18)17(11(2)3)13-8-6-7-9-13/h10-11,13H,5-9H2,1-4H3. The first-order valence-electron chi connectivity index (χ1n) is 7.46. The van der Waals surface area contributed by atoms with Gasteiger partial charge in [0.25, 0.3) is 5.91 Å². The van der Waals surface area contributed by atoms with E-state index in [0.29, 0.717) is 12.1 Å². The van der Waals surface area contributed by atoms with Crippen LogP contribution >= 0.6 is 11.3 Å². The highest BCUT2D eigenvalue weighted by molar-refractivity contribution is 7.14. The zero-order valence-corrected chi connectivity index (χ0v) is 13.3. The van der Waals surface area contributed by atoms with E-state index in [1.54, 1.807) is 11.3 Å². The van der Waals surface area contributed by atoms with Crippen molar-refractivity contribution in [3.63, 3.8) is 0 Å². The van der Waals surface area contributed by atoms with E-state index < -0.39 is 0 Å². The van der Waals surface area contributed by atoms with Crippen molar-refractivity contribution in [2.45, 2.75) is 71.9 Å². The van der Waals surface area contributed by atoms with Crippen LogP contribution in [0.3, 0.4) is 0 Å². The lowest BCUT2D eigenvalue weighted by Gasteiger charge is -2.32. The van der Waals surface area contributed by atoms with Gasteiger partial charge in [-0.15, -0.1) is 11.3 Å². The Morgan fingerprint density at radius 1 is 1.42 bits per heavy atom. The van der Waals surface area contributed by atoms with Crippen LogP contribution in [0.5, 0.6) is 0 Å². The van der Waals surface area contributed by atoms with Gasteiger partial charge in [-0.2, -0.15) is 0 Å². The van der Waals surface area contributed by atoms with Crippen molar-refractivity contribution in [2.24, 2.45) is 0 Å². The van der Waals surface area contributed by atoms with E-state index in [0.717, 1.165) is 11.3 Å². The van der Waals surface area contributed by atoms with Crippen LogP contribution < -0.4 is 0 Å². The first-order valence-corrected chi connectivity index (χ1v) is 8.28. The summed E-state index contributed by atoms with van der Waals surface area (Å²) in [5.74, 6) is 0.245. The molecule has 0 aliphatic heterocycles. The molecule has 1 aliphatic rings. The Bertz CT molecular complexity index is 444. The average Bonchev–Trinajstić information content (AvgIpc) is 2.98. The van der Waals surface area contributed by atoms with Gasteiger partial charge in [0.1, 0.15) is 0 Å². The van der Waals surface area contributed by atoms with Gasteiger partial charge in [0, 0.05) is 17.0 Å². The number of carbonyl (C=O) groups excluding carboxylic acids is 1. The number of hydrogen-bond donors (Lipinski definition) is 0. The summed E-state index contributed by atoms with van der Waals surface area (Å²) in [4.78, 5) is 17.2. The molecule has 1 fully saturated rings. The van der Waals surface area contributed by atoms with E-state index >= 15 is 0 Å². The topological polar surface area (TPSA) is 20.3 Å². The molecular formula is C16H25NOS. The number of aryl methyl sites for hydroxylation is 2. The molecule has 0 aromatic carbocycles. The molecule has 0 saturated heterocycles. The summed E-state index contributed by atoms with van der Waals surface area (Å²) in [7, 11) is 0. The highest BCUT2D eigenvalue weighted by Crippen LogP contribution is 2.29. The largest absolute Gasteiger partial charge is 0.333 e. The van der Waals surface area contributed by atoms with E-state index in [2.05, 4.69) is 38.7 Å². The number of nitrogens with zero attached hydrogens (tertiary/aromatic N) is 1. The van der Waals surface area contributed by atoms with Crippen LogP contribution in [0.25, 0.3) is 0 Å². The quantitative estimate of drug-likeness (QED) is 0.799. The molecule has 1 amide bonds. The van der Waals surface area contributed by atoms with Gasteiger partial charge in [-0.25, -0.2) is 0 Å². The van der Waals surface area contributed by atoms with Crippen LogP contribution in [-0.2, 0) is 6.42 Å². The van der Waals surface area contributed by atoms with E-state index in [1.807, 2.05) is 0 Å². The van der Waals surface area contributed by atoms with Gasteiger partial charge in [-0.3, -0.25) is 4.79 Å². The number of rotatable bonds is 4. The summed E-state index contributed by atoms with van der Waals surface area (Å²) >= 11 is 1.68. The molecule has 0 N–H and O–H groups in total. The van der Waals surface area contributed by atoms with E-state index in [1.165, 1.54) is 36.1 Å². The molecule has 0 unspecified atom stereocenters. The van der Waals surface area contributed by atoms with Crippen LogP contribution in [-0.4, -0.2) is 22.9 Å². The number of amides is 1. The minimum Gasteiger partial charge on any atom is -0.333 e. The lowest BCUT2D eigenvalue weighted by Crippen LogP contribution is -2.43. The minimum absolute atomic E-state index is 0.245. The number of carbonyl (C=O) groups is 1. The zero-order valence-electron chi connectivity index (χ0n) is 12.5. The average molecular weight is 279 g/mol. The van der Waals surface area contributed by atoms with Crippen LogP contribution in [0.4, 0.5) is 0 Å². The molecule has 1 saturated carbocycles. The smallest absolute Gasteiger partial charge is 0.264 e. The molecule has 0 radical (unpaired) electrons. The highest BCUT2D eigenvalue weighted by atomic mass is 32.1. The molecule has 3 heteroatoms. The second kappa shape index (κ2) is 6.08. The van der Waals surface area contributed by atoms with Crippen molar-refractivity contribution in [1.82, 2.24) is 4.90 Å². The third-order valence-electron chi connectivity index (χ3n) is 4.06. The van der Waals surface area contributed by atoms with Crippen molar-refractivity contribution >= 4 is 17.2 Å². The fourth-order valence-corrected chi connectivity index (χ4v) is 4.17. The normalized spacial score (nSPS) is 16.3. The van der Waals surface area contributed by atoms with Gasteiger partial charge in [0.05, 0.1) is 4.88 Å². The summed E-state index contributed by atoms with van der Waals surface area (Å²) in [6.07, 6.45) is 5.91. The predicted molar refractivity (Wildman–Crippen MR) is 82.0 cm³/mol. The van der Waals surface area contributed by atoms with Crippen LogP contribution in [0, 0.1) is 6.92 Å². The Hall–Kier alpha value is -0.830. The molecule has 106 valence electrons. The van der Waals surface area contributed by atoms with Crippen molar-refractivity contribution in [3.8, 4) is 0 Å².